The largest absolute Gasteiger partial charge is 0.497 e. The summed E-state index contributed by atoms with van der Waals surface area (Å²) in [6.07, 6.45) is 4.90. The Morgan fingerprint density at radius 3 is 2.55 bits per heavy atom. The van der Waals surface area contributed by atoms with Crippen LogP contribution in [0.15, 0.2) is 76.5 Å². The molecule has 0 bridgehead atoms. The van der Waals surface area contributed by atoms with Crippen molar-refractivity contribution in [3.8, 4) is 5.75 Å². The normalized spacial score (nSPS) is 14.0. The molecule has 1 aromatic carbocycles. The predicted molar refractivity (Wildman–Crippen MR) is 110 cm³/mol. The van der Waals surface area contributed by atoms with E-state index in [0.717, 1.165) is 11.3 Å². The monoisotopic (exact) mass is 406 g/mol. The van der Waals surface area contributed by atoms with Crippen LogP contribution in [0.1, 0.15) is 16.9 Å². The van der Waals surface area contributed by atoms with E-state index in [0.29, 0.717) is 27.5 Å². The van der Waals surface area contributed by atoms with Gasteiger partial charge in [0.05, 0.1) is 36.1 Å². The molecule has 0 saturated carbocycles. The van der Waals surface area contributed by atoms with Crippen molar-refractivity contribution >= 4 is 29.1 Å². The van der Waals surface area contributed by atoms with Gasteiger partial charge in [0.25, 0.3) is 11.8 Å². The molecule has 2 aromatic heterocycles. The number of pyridine rings is 1. The summed E-state index contributed by atoms with van der Waals surface area (Å²) in [6, 6.07) is 14.4. The number of ether oxygens (including phenoxy) is 1. The van der Waals surface area contributed by atoms with Gasteiger partial charge >= 0.3 is 0 Å². The molecular weight excluding hydrogens is 388 g/mol. The lowest BCUT2D eigenvalue weighted by molar-refractivity contribution is -0.137. The van der Waals surface area contributed by atoms with E-state index in [1.165, 1.54) is 16.7 Å². The Labute approximate surface area is 172 Å². The van der Waals surface area contributed by atoms with Crippen LogP contribution in [0.3, 0.4) is 0 Å². The minimum Gasteiger partial charge on any atom is -0.497 e. The molecule has 0 spiro atoms. The molecule has 1 aliphatic rings. The zero-order valence-corrected chi connectivity index (χ0v) is 16.5. The first kappa shape index (κ1) is 19.0. The molecule has 2 amide bonds. The van der Waals surface area contributed by atoms with E-state index < -0.39 is 0 Å². The number of carbonyl (C=O) groups excluding carboxylic acids is 2. The zero-order valence-electron chi connectivity index (χ0n) is 15.7. The molecule has 1 aliphatic heterocycles. The molecule has 0 radical (unpaired) electrons. The van der Waals surface area contributed by atoms with Crippen LogP contribution >= 0.6 is 11.8 Å². The standard InChI is InChI=1S/C22H18N2O4S/c1-27-17-8-6-16(7-9-17)19-20(29-14-18-5-3-11-28-18)22(26)24(21(19)25)13-15-4-2-10-23-12-15/h2-12H,13-14H2,1H3. The fraction of sp³-hybridized carbons (Fsp3) is 0.136. The molecular formula is C22H18N2O4S. The molecule has 0 N–H and O–H groups in total. The molecule has 3 heterocycles. The number of carbonyl (C=O) groups is 2. The summed E-state index contributed by atoms with van der Waals surface area (Å²) in [5, 5.41) is 0. The van der Waals surface area contributed by atoms with Crippen molar-refractivity contribution in [1.82, 2.24) is 9.88 Å². The number of imide groups is 1. The van der Waals surface area contributed by atoms with Gasteiger partial charge in [0.15, 0.2) is 0 Å². The van der Waals surface area contributed by atoms with E-state index in [2.05, 4.69) is 4.98 Å². The first-order valence-corrected chi connectivity index (χ1v) is 9.95. The first-order valence-electron chi connectivity index (χ1n) is 8.96. The second-order valence-electron chi connectivity index (χ2n) is 6.36. The minimum absolute atomic E-state index is 0.177. The number of hydrogen-bond donors (Lipinski definition) is 0. The lowest BCUT2D eigenvalue weighted by Crippen LogP contribution is -2.31. The third kappa shape index (κ3) is 3.95. The van der Waals surface area contributed by atoms with Crippen LogP contribution in [-0.2, 0) is 21.9 Å². The van der Waals surface area contributed by atoms with Gasteiger partial charge in [0.1, 0.15) is 11.5 Å². The highest BCUT2D eigenvalue weighted by atomic mass is 32.2. The third-order valence-corrected chi connectivity index (χ3v) is 5.60. The Balaban J connectivity index is 1.67. The summed E-state index contributed by atoms with van der Waals surface area (Å²) in [4.78, 5) is 32.1. The van der Waals surface area contributed by atoms with E-state index >= 15 is 0 Å². The molecule has 0 unspecified atom stereocenters. The number of rotatable bonds is 7. The van der Waals surface area contributed by atoms with Crippen LogP contribution in [-0.4, -0.2) is 28.8 Å². The number of furan rings is 1. The third-order valence-electron chi connectivity index (χ3n) is 4.51. The van der Waals surface area contributed by atoms with Gasteiger partial charge in [0.2, 0.25) is 0 Å². The van der Waals surface area contributed by atoms with Crippen molar-refractivity contribution in [3.63, 3.8) is 0 Å². The Bertz CT molecular complexity index is 1040. The van der Waals surface area contributed by atoms with Gasteiger partial charge in [-0.1, -0.05) is 18.2 Å². The summed E-state index contributed by atoms with van der Waals surface area (Å²) in [5.41, 5.74) is 1.87. The molecule has 0 aliphatic carbocycles. The van der Waals surface area contributed by atoms with E-state index in [1.807, 2.05) is 12.1 Å². The van der Waals surface area contributed by atoms with Crippen molar-refractivity contribution in [1.29, 1.82) is 0 Å². The van der Waals surface area contributed by atoms with E-state index in [-0.39, 0.29) is 18.4 Å². The highest BCUT2D eigenvalue weighted by Gasteiger charge is 2.39. The molecule has 29 heavy (non-hydrogen) atoms. The van der Waals surface area contributed by atoms with Crippen LogP contribution in [0.25, 0.3) is 5.57 Å². The van der Waals surface area contributed by atoms with Gasteiger partial charge < -0.3 is 9.15 Å². The second-order valence-corrected chi connectivity index (χ2v) is 7.34. The smallest absolute Gasteiger partial charge is 0.268 e. The average Bonchev–Trinajstić information content (AvgIpc) is 3.35. The number of hydrogen-bond acceptors (Lipinski definition) is 6. The van der Waals surface area contributed by atoms with Gasteiger partial charge in [-0.15, -0.1) is 11.8 Å². The van der Waals surface area contributed by atoms with Gasteiger partial charge in [-0.25, -0.2) is 0 Å². The minimum atomic E-state index is -0.314. The summed E-state index contributed by atoms with van der Waals surface area (Å²) in [5.74, 6) is 1.26. The molecule has 3 aromatic rings. The van der Waals surface area contributed by atoms with Gasteiger partial charge in [0, 0.05) is 12.4 Å². The number of benzene rings is 1. The van der Waals surface area contributed by atoms with Crippen LogP contribution in [0, 0.1) is 0 Å². The molecule has 0 fully saturated rings. The fourth-order valence-electron chi connectivity index (χ4n) is 3.06. The lowest BCUT2D eigenvalue weighted by atomic mass is 10.1. The van der Waals surface area contributed by atoms with Crippen LogP contribution in [0.4, 0.5) is 0 Å². The van der Waals surface area contributed by atoms with E-state index in [4.69, 9.17) is 9.15 Å². The van der Waals surface area contributed by atoms with Crippen molar-refractivity contribution in [2.75, 3.05) is 7.11 Å². The van der Waals surface area contributed by atoms with Crippen molar-refractivity contribution < 1.29 is 18.7 Å². The Morgan fingerprint density at radius 2 is 1.90 bits per heavy atom. The first-order chi connectivity index (χ1) is 14.2. The van der Waals surface area contributed by atoms with Crippen LogP contribution < -0.4 is 4.74 Å². The maximum absolute atomic E-state index is 13.2. The summed E-state index contributed by atoms with van der Waals surface area (Å²) in [6.45, 7) is 0.177. The molecule has 7 heteroatoms. The van der Waals surface area contributed by atoms with Gasteiger partial charge in [-0.3, -0.25) is 19.5 Å². The number of methoxy groups -OCH3 is 1. The fourth-order valence-corrected chi connectivity index (χ4v) is 4.09. The number of aromatic nitrogens is 1. The van der Waals surface area contributed by atoms with Crippen LogP contribution in [0.5, 0.6) is 5.75 Å². The van der Waals surface area contributed by atoms with Crippen molar-refractivity contribution in [3.05, 3.63) is 89.0 Å². The zero-order chi connectivity index (χ0) is 20.2. The van der Waals surface area contributed by atoms with Gasteiger partial charge in [-0.05, 0) is 41.5 Å². The summed E-state index contributed by atoms with van der Waals surface area (Å²) in [7, 11) is 1.58. The topological polar surface area (TPSA) is 72.6 Å². The number of amides is 2. The Kier molecular flexibility index (Phi) is 5.48. The molecule has 0 saturated heterocycles. The second kappa shape index (κ2) is 8.36. The average molecular weight is 406 g/mol. The molecule has 6 nitrogen and oxygen atoms in total. The quantitative estimate of drug-likeness (QED) is 0.554. The van der Waals surface area contributed by atoms with E-state index in [1.54, 1.807) is 62.2 Å². The highest BCUT2D eigenvalue weighted by molar-refractivity contribution is 8.03. The highest BCUT2D eigenvalue weighted by Crippen LogP contribution is 2.38. The molecule has 4 rings (SSSR count). The number of thioether (sulfide) groups is 1. The maximum atomic E-state index is 13.2. The SMILES string of the molecule is COc1ccc(C2=C(SCc3ccco3)C(=O)N(Cc3cccnc3)C2=O)cc1. The van der Waals surface area contributed by atoms with Crippen LogP contribution in [0.2, 0.25) is 0 Å². The number of nitrogens with zero attached hydrogens (tertiary/aromatic N) is 2. The lowest BCUT2D eigenvalue weighted by Gasteiger charge is -2.15. The molecule has 0 atom stereocenters. The maximum Gasteiger partial charge on any atom is 0.268 e. The van der Waals surface area contributed by atoms with Crippen molar-refractivity contribution in [2.45, 2.75) is 12.3 Å². The van der Waals surface area contributed by atoms with E-state index in [9.17, 15) is 9.59 Å². The summed E-state index contributed by atoms with van der Waals surface area (Å²) < 4.78 is 10.6. The summed E-state index contributed by atoms with van der Waals surface area (Å²) >= 11 is 1.31. The Hall–Kier alpha value is -3.32. The predicted octanol–water partition coefficient (Wildman–Crippen LogP) is 3.90. The molecule has 146 valence electrons. The van der Waals surface area contributed by atoms with Crippen molar-refractivity contribution in [2.24, 2.45) is 0 Å². The van der Waals surface area contributed by atoms with Gasteiger partial charge in [-0.2, -0.15) is 0 Å². The Morgan fingerprint density at radius 1 is 1.07 bits per heavy atom.